The van der Waals surface area contributed by atoms with E-state index in [0.717, 1.165) is 0 Å². The van der Waals surface area contributed by atoms with E-state index in [0.29, 0.717) is 6.07 Å². The van der Waals surface area contributed by atoms with E-state index in [1.54, 1.807) is 0 Å². The average molecular weight is 325 g/mol. The Hall–Kier alpha value is -2.24. The highest BCUT2D eigenvalue weighted by Crippen LogP contribution is 2.43. The summed E-state index contributed by atoms with van der Waals surface area (Å²) < 4.78 is 81.9. The summed E-state index contributed by atoms with van der Waals surface area (Å²) in [7, 11) is 0. The molecule has 0 spiro atoms. The van der Waals surface area contributed by atoms with Crippen LogP contribution < -0.4 is 0 Å². The molecule has 0 fully saturated rings. The van der Waals surface area contributed by atoms with Crippen molar-refractivity contribution in [1.82, 2.24) is 0 Å². The second-order valence-electron chi connectivity index (χ2n) is 4.10. The molecule has 1 rings (SSSR count). The van der Waals surface area contributed by atoms with Gasteiger partial charge in [0.25, 0.3) is 0 Å². The van der Waals surface area contributed by atoms with Gasteiger partial charge in [-0.25, -0.2) is 0 Å². The van der Waals surface area contributed by atoms with Crippen LogP contribution in [0.25, 0.3) is 0 Å². The quantitative estimate of drug-likeness (QED) is 0.629. The third kappa shape index (κ3) is 3.90. The number of carbonyl (C=O) groups excluding carboxylic acids is 1. The fraction of sp³-hybridized carbons (Fsp3) is 0.385. The van der Waals surface area contributed by atoms with Crippen LogP contribution in [0.2, 0.25) is 0 Å². The van der Waals surface area contributed by atoms with Gasteiger partial charge in [-0.1, -0.05) is 0 Å². The number of ether oxygens (including phenoxy) is 1. The van der Waals surface area contributed by atoms with Crippen LogP contribution in [0, 0.1) is 11.3 Å². The molecule has 0 aliphatic carbocycles. The van der Waals surface area contributed by atoms with Crippen LogP contribution in [0.4, 0.5) is 26.3 Å². The second-order valence-corrected chi connectivity index (χ2v) is 4.10. The first kappa shape index (κ1) is 17.8. The first-order valence-corrected chi connectivity index (χ1v) is 5.88. The lowest BCUT2D eigenvalue weighted by atomic mass is 9.93. The number of hydrogen-bond donors (Lipinski definition) is 0. The van der Waals surface area contributed by atoms with Crippen molar-refractivity contribution >= 4 is 5.97 Å². The van der Waals surface area contributed by atoms with Crippen molar-refractivity contribution in [2.75, 3.05) is 6.61 Å². The Labute approximate surface area is 121 Å². The van der Waals surface area contributed by atoms with Crippen LogP contribution in [-0.2, 0) is 28.3 Å². The van der Waals surface area contributed by atoms with E-state index in [-0.39, 0.29) is 12.7 Å². The summed E-state index contributed by atoms with van der Waals surface area (Å²) in [5, 5.41) is 8.79. The Balaban J connectivity index is 3.63. The molecule has 0 N–H and O–H groups in total. The van der Waals surface area contributed by atoms with Gasteiger partial charge >= 0.3 is 18.3 Å². The van der Waals surface area contributed by atoms with Gasteiger partial charge in [0, 0.05) is 0 Å². The molecule has 22 heavy (non-hydrogen) atoms. The highest BCUT2D eigenvalue weighted by atomic mass is 19.4. The van der Waals surface area contributed by atoms with Gasteiger partial charge < -0.3 is 4.74 Å². The highest BCUT2D eigenvalue weighted by Gasteiger charge is 2.45. The Bertz CT molecular complexity index is 613. The molecule has 0 aromatic heterocycles. The standard InChI is InChI=1S/C13H9F6NO2/c1-2-22-10(21)5-8-7(6-20)3-4-9(12(14,15)16)11(8)13(17,18)19/h3-4H,2,5H2,1H3. The van der Waals surface area contributed by atoms with Crippen LogP contribution in [0.3, 0.4) is 0 Å². The third-order valence-electron chi connectivity index (χ3n) is 2.65. The van der Waals surface area contributed by atoms with Crippen molar-refractivity contribution in [3.8, 4) is 6.07 Å². The molecule has 120 valence electrons. The van der Waals surface area contributed by atoms with Crippen LogP contribution in [0.1, 0.15) is 29.2 Å². The van der Waals surface area contributed by atoms with Gasteiger partial charge in [-0.05, 0) is 24.6 Å². The smallest absolute Gasteiger partial charge is 0.417 e. The normalized spacial score (nSPS) is 11.9. The van der Waals surface area contributed by atoms with Gasteiger partial charge in [-0.3, -0.25) is 4.79 Å². The average Bonchev–Trinajstić information content (AvgIpc) is 2.35. The minimum Gasteiger partial charge on any atom is -0.466 e. The lowest BCUT2D eigenvalue weighted by Crippen LogP contribution is -2.22. The molecular weight excluding hydrogens is 316 g/mol. The van der Waals surface area contributed by atoms with Crippen molar-refractivity contribution in [2.24, 2.45) is 0 Å². The number of carbonyl (C=O) groups is 1. The molecule has 0 heterocycles. The molecule has 9 heteroatoms. The third-order valence-corrected chi connectivity index (χ3v) is 2.65. The van der Waals surface area contributed by atoms with Crippen LogP contribution in [0.15, 0.2) is 12.1 Å². The number of alkyl halides is 6. The predicted octanol–water partition coefficient (Wildman–Crippen LogP) is 3.70. The lowest BCUT2D eigenvalue weighted by Gasteiger charge is -2.19. The largest absolute Gasteiger partial charge is 0.466 e. The van der Waals surface area contributed by atoms with Crippen LogP contribution >= 0.6 is 0 Å². The topological polar surface area (TPSA) is 50.1 Å². The van der Waals surface area contributed by atoms with Crippen LogP contribution in [0.5, 0.6) is 0 Å². The maximum absolute atomic E-state index is 13.0. The van der Waals surface area contributed by atoms with Crippen molar-refractivity contribution < 1.29 is 35.9 Å². The zero-order chi connectivity index (χ0) is 17.1. The number of halogens is 6. The van der Waals surface area contributed by atoms with Gasteiger partial charge in [-0.2, -0.15) is 31.6 Å². The monoisotopic (exact) mass is 325 g/mol. The molecule has 0 saturated heterocycles. The summed E-state index contributed by atoms with van der Waals surface area (Å²) in [6.45, 7) is 1.24. The zero-order valence-corrected chi connectivity index (χ0v) is 11.1. The van der Waals surface area contributed by atoms with E-state index in [9.17, 15) is 31.1 Å². The van der Waals surface area contributed by atoms with E-state index < -0.39 is 47.0 Å². The second kappa shape index (κ2) is 6.25. The van der Waals surface area contributed by atoms with E-state index >= 15 is 0 Å². The van der Waals surface area contributed by atoms with Gasteiger partial charge in [0.1, 0.15) is 0 Å². The Morgan fingerprint density at radius 1 is 1.18 bits per heavy atom. The fourth-order valence-electron chi connectivity index (χ4n) is 1.85. The van der Waals surface area contributed by atoms with Crippen LogP contribution in [-0.4, -0.2) is 12.6 Å². The molecule has 0 saturated carbocycles. The Morgan fingerprint density at radius 2 is 1.77 bits per heavy atom. The van der Waals surface area contributed by atoms with E-state index in [1.165, 1.54) is 13.0 Å². The van der Waals surface area contributed by atoms with E-state index in [4.69, 9.17) is 5.26 Å². The number of benzene rings is 1. The number of rotatable bonds is 3. The summed E-state index contributed by atoms with van der Waals surface area (Å²) in [6.07, 6.45) is -11.7. The van der Waals surface area contributed by atoms with Crippen molar-refractivity contribution in [3.63, 3.8) is 0 Å². The molecule has 0 bridgehead atoms. The molecule has 0 atom stereocenters. The van der Waals surface area contributed by atoms with E-state index in [2.05, 4.69) is 4.74 Å². The Morgan fingerprint density at radius 3 is 2.18 bits per heavy atom. The molecule has 0 radical (unpaired) electrons. The summed E-state index contributed by atoms with van der Waals surface area (Å²) in [6, 6.07) is 2.14. The molecule has 1 aromatic rings. The number of nitriles is 1. The van der Waals surface area contributed by atoms with Gasteiger partial charge in [0.05, 0.1) is 35.8 Å². The minimum atomic E-state index is -5.38. The number of nitrogens with zero attached hydrogens (tertiary/aromatic N) is 1. The molecule has 0 aliphatic heterocycles. The fourth-order valence-corrected chi connectivity index (χ4v) is 1.85. The van der Waals surface area contributed by atoms with Crippen molar-refractivity contribution in [3.05, 3.63) is 34.4 Å². The molecule has 3 nitrogen and oxygen atoms in total. The van der Waals surface area contributed by atoms with E-state index in [1.807, 2.05) is 0 Å². The first-order chi connectivity index (χ1) is 10.0. The maximum atomic E-state index is 13.0. The molecular formula is C13H9F6NO2. The molecule has 0 aliphatic rings. The molecule has 0 unspecified atom stereocenters. The number of hydrogen-bond acceptors (Lipinski definition) is 3. The summed E-state index contributed by atoms with van der Waals surface area (Å²) in [4.78, 5) is 11.3. The van der Waals surface area contributed by atoms with Crippen molar-refractivity contribution in [2.45, 2.75) is 25.7 Å². The Kier molecular flexibility index (Phi) is 5.06. The van der Waals surface area contributed by atoms with Gasteiger partial charge in [-0.15, -0.1) is 0 Å². The SMILES string of the molecule is CCOC(=O)Cc1c(C#N)ccc(C(F)(F)F)c1C(F)(F)F. The first-order valence-electron chi connectivity index (χ1n) is 5.88. The summed E-state index contributed by atoms with van der Waals surface area (Å²) >= 11 is 0. The van der Waals surface area contributed by atoms with Gasteiger partial charge in [0.15, 0.2) is 0 Å². The highest BCUT2D eigenvalue weighted by molar-refractivity contribution is 5.74. The molecule has 1 aromatic carbocycles. The predicted molar refractivity (Wildman–Crippen MR) is 61.5 cm³/mol. The molecule has 0 amide bonds. The minimum absolute atomic E-state index is 0.152. The van der Waals surface area contributed by atoms with Gasteiger partial charge in [0.2, 0.25) is 0 Å². The van der Waals surface area contributed by atoms with Crippen molar-refractivity contribution in [1.29, 1.82) is 5.26 Å². The lowest BCUT2D eigenvalue weighted by molar-refractivity contribution is -0.162. The maximum Gasteiger partial charge on any atom is 0.417 e. The summed E-state index contributed by atoms with van der Waals surface area (Å²) in [5.74, 6) is -1.15. The zero-order valence-electron chi connectivity index (χ0n) is 11.1. The number of esters is 1. The summed E-state index contributed by atoms with van der Waals surface area (Å²) in [5.41, 5.74) is -5.68.